The summed E-state index contributed by atoms with van der Waals surface area (Å²) in [6.07, 6.45) is 3.42. The van der Waals surface area contributed by atoms with Gasteiger partial charge >= 0.3 is 0 Å². The lowest BCUT2D eigenvalue weighted by atomic mass is 10.2. The highest BCUT2D eigenvalue weighted by Crippen LogP contribution is 2.11. The van der Waals surface area contributed by atoms with Gasteiger partial charge in [0.05, 0.1) is 0 Å². The van der Waals surface area contributed by atoms with E-state index < -0.39 is 23.1 Å². The smallest absolute Gasteiger partial charge is 0.257 e. The Labute approximate surface area is 109 Å². The first-order valence-electron chi connectivity index (χ1n) is 5.79. The molecule has 0 saturated heterocycles. The summed E-state index contributed by atoms with van der Waals surface area (Å²) >= 11 is 0. The van der Waals surface area contributed by atoms with Gasteiger partial charge in [-0.05, 0) is 19.1 Å². The van der Waals surface area contributed by atoms with Crippen LogP contribution >= 0.6 is 0 Å². The zero-order valence-electron chi connectivity index (χ0n) is 10.4. The number of aromatic nitrogens is 2. The van der Waals surface area contributed by atoms with Crippen LogP contribution in [0.4, 0.5) is 8.78 Å². The molecule has 19 heavy (non-hydrogen) atoms. The Morgan fingerprint density at radius 3 is 2.63 bits per heavy atom. The van der Waals surface area contributed by atoms with Crippen molar-refractivity contribution in [3.05, 3.63) is 53.6 Å². The van der Waals surface area contributed by atoms with Crippen molar-refractivity contribution in [1.29, 1.82) is 0 Å². The van der Waals surface area contributed by atoms with Gasteiger partial charge in [-0.25, -0.2) is 13.8 Å². The average molecular weight is 265 g/mol. The van der Waals surface area contributed by atoms with Crippen LogP contribution in [0.2, 0.25) is 0 Å². The standard InChI is InChI=1S/C13H13F2N3O/c1-9-16-5-7-18(9)8-6-17-13(19)12-10(14)3-2-4-11(12)15/h2-5,7H,6,8H2,1H3,(H,17,19). The van der Waals surface area contributed by atoms with E-state index in [1.54, 1.807) is 12.4 Å². The van der Waals surface area contributed by atoms with Gasteiger partial charge in [-0.2, -0.15) is 0 Å². The molecule has 6 heteroatoms. The van der Waals surface area contributed by atoms with Crippen LogP contribution < -0.4 is 5.32 Å². The average Bonchev–Trinajstić information content (AvgIpc) is 2.75. The minimum Gasteiger partial charge on any atom is -0.350 e. The van der Waals surface area contributed by atoms with Gasteiger partial charge in [0.15, 0.2) is 0 Å². The third kappa shape index (κ3) is 2.96. The number of aryl methyl sites for hydroxylation is 1. The molecule has 1 N–H and O–H groups in total. The quantitative estimate of drug-likeness (QED) is 0.917. The molecule has 0 unspecified atom stereocenters. The van der Waals surface area contributed by atoms with Crippen molar-refractivity contribution < 1.29 is 13.6 Å². The predicted octanol–water partition coefficient (Wildman–Crippen LogP) is 1.90. The number of carbonyl (C=O) groups excluding carboxylic acids is 1. The highest BCUT2D eigenvalue weighted by molar-refractivity contribution is 5.94. The molecule has 100 valence electrons. The van der Waals surface area contributed by atoms with E-state index in [0.29, 0.717) is 6.54 Å². The fourth-order valence-corrected chi connectivity index (χ4v) is 1.73. The van der Waals surface area contributed by atoms with Gasteiger partial charge in [-0.1, -0.05) is 6.07 Å². The van der Waals surface area contributed by atoms with Crippen molar-refractivity contribution in [2.75, 3.05) is 6.54 Å². The molecule has 0 aliphatic heterocycles. The number of benzene rings is 1. The van der Waals surface area contributed by atoms with E-state index in [1.807, 2.05) is 11.5 Å². The lowest BCUT2D eigenvalue weighted by Crippen LogP contribution is -2.29. The third-order valence-corrected chi connectivity index (χ3v) is 2.75. The molecular formula is C13H13F2N3O. The summed E-state index contributed by atoms with van der Waals surface area (Å²) in [5.41, 5.74) is -0.551. The predicted molar refractivity (Wildman–Crippen MR) is 65.7 cm³/mol. The van der Waals surface area contributed by atoms with Crippen molar-refractivity contribution in [3.8, 4) is 0 Å². The van der Waals surface area contributed by atoms with Crippen LogP contribution in [0.3, 0.4) is 0 Å². The van der Waals surface area contributed by atoms with Crippen molar-refractivity contribution in [2.45, 2.75) is 13.5 Å². The molecule has 0 spiro atoms. The van der Waals surface area contributed by atoms with Crippen LogP contribution in [0, 0.1) is 18.6 Å². The van der Waals surface area contributed by atoms with Gasteiger partial charge in [0.2, 0.25) is 0 Å². The van der Waals surface area contributed by atoms with Gasteiger partial charge in [0, 0.05) is 25.5 Å². The number of imidazole rings is 1. The normalized spacial score (nSPS) is 10.5. The van der Waals surface area contributed by atoms with Crippen LogP contribution in [0.1, 0.15) is 16.2 Å². The van der Waals surface area contributed by atoms with Gasteiger partial charge in [-0.3, -0.25) is 4.79 Å². The number of amides is 1. The second-order valence-electron chi connectivity index (χ2n) is 4.02. The van der Waals surface area contributed by atoms with Crippen molar-refractivity contribution in [2.24, 2.45) is 0 Å². The third-order valence-electron chi connectivity index (χ3n) is 2.75. The molecule has 1 amide bonds. The highest BCUT2D eigenvalue weighted by Gasteiger charge is 2.16. The van der Waals surface area contributed by atoms with Crippen LogP contribution in [0.15, 0.2) is 30.6 Å². The van der Waals surface area contributed by atoms with Crippen molar-refractivity contribution in [3.63, 3.8) is 0 Å². The summed E-state index contributed by atoms with van der Waals surface area (Å²) in [5.74, 6) is -1.67. The number of carbonyl (C=O) groups is 1. The summed E-state index contributed by atoms with van der Waals surface area (Å²) in [6, 6.07) is 3.33. The summed E-state index contributed by atoms with van der Waals surface area (Å²) in [7, 11) is 0. The fourth-order valence-electron chi connectivity index (χ4n) is 1.73. The number of hydrogen-bond acceptors (Lipinski definition) is 2. The maximum absolute atomic E-state index is 13.3. The summed E-state index contributed by atoms with van der Waals surface area (Å²) < 4.78 is 28.5. The van der Waals surface area contributed by atoms with E-state index in [-0.39, 0.29) is 6.54 Å². The van der Waals surface area contributed by atoms with E-state index >= 15 is 0 Å². The number of nitrogens with one attached hydrogen (secondary N) is 1. The minimum absolute atomic E-state index is 0.268. The van der Waals surface area contributed by atoms with Crippen LogP contribution in [0.5, 0.6) is 0 Å². The molecule has 1 heterocycles. The number of hydrogen-bond donors (Lipinski definition) is 1. The maximum Gasteiger partial charge on any atom is 0.257 e. The molecule has 0 aliphatic carbocycles. The second-order valence-corrected chi connectivity index (χ2v) is 4.02. The lowest BCUT2D eigenvalue weighted by molar-refractivity contribution is 0.0944. The Morgan fingerprint density at radius 2 is 2.05 bits per heavy atom. The molecular weight excluding hydrogens is 252 g/mol. The molecule has 2 rings (SSSR count). The second kappa shape index (κ2) is 5.60. The lowest BCUT2D eigenvalue weighted by Gasteiger charge is -2.08. The summed E-state index contributed by atoms with van der Waals surface area (Å²) in [5, 5.41) is 2.48. The molecule has 1 aromatic carbocycles. The van der Waals surface area contributed by atoms with E-state index in [9.17, 15) is 13.6 Å². The van der Waals surface area contributed by atoms with E-state index in [0.717, 1.165) is 18.0 Å². The molecule has 1 aromatic heterocycles. The zero-order valence-corrected chi connectivity index (χ0v) is 10.4. The van der Waals surface area contributed by atoms with Gasteiger partial charge in [0.1, 0.15) is 23.0 Å². The molecule has 0 saturated carbocycles. The summed E-state index contributed by atoms with van der Waals surface area (Å²) in [6.45, 7) is 2.59. The molecule has 0 radical (unpaired) electrons. The van der Waals surface area contributed by atoms with E-state index in [2.05, 4.69) is 10.3 Å². The maximum atomic E-state index is 13.3. The first kappa shape index (κ1) is 13.2. The van der Waals surface area contributed by atoms with Gasteiger partial charge in [0.25, 0.3) is 5.91 Å². The topological polar surface area (TPSA) is 46.9 Å². The van der Waals surface area contributed by atoms with Crippen LogP contribution in [-0.4, -0.2) is 22.0 Å². The highest BCUT2D eigenvalue weighted by atomic mass is 19.1. The zero-order chi connectivity index (χ0) is 13.8. The Balaban J connectivity index is 1.97. The number of halogens is 2. The molecule has 0 bridgehead atoms. The van der Waals surface area contributed by atoms with Crippen LogP contribution in [0.25, 0.3) is 0 Å². The van der Waals surface area contributed by atoms with Gasteiger partial charge in [-0.15, -0.1) is 0 Å². The Kier molecular flexibility index (Phi) is 3.89. The first-order valence-corrected chi connectivity index (χ1v) is 5.79. The monoisotopic (exact) mass is 265 g/mol. The first-order chi connectivity index (χ1) is 9.09. The molecule has 0 atom stereocenters. The Hall–Kier alpha value is -2.24. The van der Waals surface area contributed by atoms with Crippen molar-refractivity contribution in [1.82, 2.24) is 14.9 Å². The molecule has 2 aromatic rings. The van der Waals surface area contributed by atoms with E-state index in [1.165, 1.54) is 6.07 Å². The number of nitrogens with zero attached hydrogens (tertiary/aromatic N) is 2. The van der Waals surface area contributed by atoms with Crippen molar-refractivity contribution >= 4 is 5.91 Å². The largest absolute Gasteiger partial charge is 0.350 e. The molecule has 0 aliphatic rings. The van der Waals surface area contributed by atoms with Gasteiger partial charge < -0.3 is 9.88 Å². The Morgan fingerprint density at radius 1 is 1.37 bits per heavy atom. The van der Waals surface area contributed by atoms with E-state index in [4.69, 9.17) is 0 Å². The molecule has 4 nitrogen and oxygen atoms in total. The number of rotatable bonds is 4. The SMILES string of the molecule is Cc1nccn1CCNC(=O)c1c(F)cccc1F. The fraction of sp³-hybridized carbons (Fsp3) is 0.231. The Bertz CT molecular complexity index is 575. The molecule has 0 fully saturated rings. The summed E-state index contributed by atoms with van der Waals surface area (Å²) in [4.78, 5) is 15.7. The van der Waals surface area contributed by atoms with Crippen LogP contribution in [-0.2, 0) is 6.54 Å². The minimum atomic E-state index is -0.865.